The Morgan fingerprint density at radius 2 is 1.57 bits per heavy atom. The van der Waals surface area contributed by atoms with Crippen LogP contribution in [0.15, 0.2) is 54.6 Å². The van der Waals surface area contributed by atoms with Crippen molar-refractivity contribution in [3.8, 4) is 0 Å². The Labute approximate surface area is 126 Å². The summed E-state index contributed by atoms with van der Waals surface area (Å²) < 4.78 is 0. The van der Waals surface area contributed by atoms with Crippen LogP contribution in [-0.4, -0.2) is 23.9 Å². The molecular weight excluding hydrogens is 260 g/mol. The van der Waals surface area contributed by atoms with Gasteiger partial charge in [-0.15, -0.1) is 0 Å². The molecule has 0 bridgehead atoms. The molecule has 0 spiro atoms. The summed E-state index contributed by atoms with van der Waals surface area (Å²) in [5, 5.41) is 3.37. The summed E-state index contributed by atoms with van der Waals surface area (Å²) in [5.41, 5.74) is 2.82. The first-order valence-electron chi connectivity index (χ1n) is 7.42. The van der Waals surface area contributed by atoms with Crippen LogP contribution in [0.5, 0.6) is 0 Å². The van der Waals surface area contributed by atoms with Crippen molar-refractivity contribution in [2.24, 2.45) is 0 Å². The molecule has 0 heterocycles. The molecule has 0 aliphatic heterocycles. The van der Waals surface area contributed by atoms with Gasteiger partial charge in [0.15, 0.2) is 0 Å². The summed E-state index contributed by atoms with van der Waals surface area (Å²) in [5.74, 6) is 0.0798. The van der Waals surface area contributed by atoms with E-state index in [4.69, 9.17) is 0 Å². The topological polar surface area (TPSA) is 32.3 Å². The van der Waals surface area contributed by atoms with E-state index < -0.39 is 0 Å². The number of benzene rings is 2. The SMILES string of the molecule is CCN(CC)C(=O)c1ccccc1NCc1ccccc1. The standard InChI is InChI=1S/C18H22N2O/c1-3-20(4-2)18(21)16-12-8-9-13-17(16)19-14-15-10-6-5-7-11-15/h5-13,19H,3-4,14H2,1-2H3. The van der Waals surface area contributed by atoms with Crippen LogP contribution >= 0.6 is 0 Å². The molecule has 0 fully saturated rings. The second-order valence-corrected chi connectivity index (χ2v) is 4.86. The quantitative estimate of drug-likeness (QED) is 0.874. The van der Waals surface area contributed by atoms with Crippen LogP contribution in [0.4, 0.5) is 5.69 Å². The monoisotopic (exact) mass is 282 g/mol. The van der Waals surface area contributed by atoms with Crippen molar-refractivity contribution in [2.45, 2.75) is 20.4 Å². The van der Waals surface area contributed by atoms with Gasteiger partial charge in [0.1, 0.15) is 0 Å². The van der Waals surface area contributed by atoms with Crippen LogP contribution < -0.4 is 5.32 Å². The molecule has 3 nitrogen and oxygen atoms in total. The molecule has 0 saturated heterocycles. The largest absolute Gasteiger partial charge is 0.380 e. The molecule has 3 heteroatoms. The maximum Gasteiger partial charge on any atom is 0.255 e. The van der Waals surface area contributed by atoms with Gasteiger partial charge in [0.25, 0.3) is 5.91 Å². The van der Waals surface area contributed by atoms with E-state index in [0.717, 1.165) is 24.3 Å². The van der Waals surface area contributed by atoms with Gasteiger partial charge < -0.3 is 10.2 Å². The Hall–Kier alpha value is -2.29. The number of rotatable bonds is 6. The minimum atomic E-state index is 0.0798. The highest BCUT2D eigenvalue weighted by Crippen LogP contribution is 2.18. The molecule has 0 unspecified atom stereocenters. The molecule has 2 aromatic carbocycles. The van der Waals surface area contributed by atoms with Gasteiger partial charge in [-0.25, -0.2) is 0 Å². The van der Waals surface area contributed by atoms with Crippen LogP contribution in [0.25, 0.3) is 0 Å². The van der Waals surface area contributed by atoms with Crippen LogP contribution in [-0.2, 0) is 6.54 Å². The van der Waals surface area contributed by atoms with Crippen molar-refractivity contribution < 1.29 is 4.79 Å². The Bertz CT molecular complexity index is 577. The Kier molecular flexibility index (Phi) is 5.38. The molecule has 0 aliphatic rings. The summed E-state index contributed by atoms with van der Waals surface area (Å²) in [6, 6.07) is 17.9. The number of hydrogen-bond donors (Lipinski definition) is 1. The number of nitrogens with one attached hydrogen (secondary N) is 1. The van der Waals surface area contributed by atoms with Crippen LogP contribution in [0, 0.1) is 0 Å². The molecule has 1 amide bonds. The number of nitrogens with zero attached hydrogens (tertiary/aromatic N) is 1. The lowest BCUT2D eigenvalue weighted by atomic mass is 10.1. The predicted molar refractivity (Wildman–Crippen MR) is 87.5 cm³/mol. The Balaban J connectivity index is 2.15. The first kappa shape index (κ1) is 15.1. The van der Waals surface area contributed by atoms with E-state index in [1.165, 1.54) is 5.56 Å². The molecular formula is C18H22N2O. The lowest BCUT2D eigenvalue weighted by Crippen LogP contribution is -2.31. The average Bonchev–Trinajstić information content (AvgIpc) is 2.55. The van der Waals surface area contributed by atoms with Gasteiger partial charge in [-0.05, 0) is 31.5 Å². The van der Waals surface area contributed by atoms with Crippen molar-refractivity contribution in [2.75, 3.05) is 18.4 Å². The summed E-state index contributed by atoms with van der Waals surface area (Å²) in [6.45, 7) is 6.16. The zero-order chi connectivity index (χ0) is 15.1. The number of carbonyl (C=O) groups is 1. The molecule has 0 aliphatic carbocycles. The lowest BCUT2D eigenvalue weighted by molar-refractivity contribution is 0.0774. The maximum absolute atomic E-state index is 12.5. The van der Waals surface area contributed by atoms with Crippen molar-refractivity contribution in [1.29, 1.82) is 0 Å². The minimum Gasteiger partial charge on any atom is -0.380 e. The maximum atomic E-state index is 12.5. The van der Waals surface area contributed by atoms with Crippen LogP contribution in [0.2, 0.25) is 0 Å². The molecule has 0 radical (unpaired) electrons. The molecule has 2 rings (SSSR count). The summed E-state index contributed by atoms with van der Waals surface area (Å²) in [6.07, 6.45) is 0. The number of para-hydroxylation sites is 1. The molecule has 0 atom stereocenters. The van der Waals surface area contributed by atoms with Crippen LogP contribution in [0.3, 0.4) is 0 Å². The number of carbonyl (C=O) groups excluding carboxylic acids is 1. The number of anilines is 1. The zero-order valence-electron chi connectivity index (χ0n) is 12.7. The normalized spacial score (nSPS) is 10.2. The molecule has 1 N–H and O–H groups in total. The second kappa shape index (κ2) is 7.48. The number of hydrogen-bond acceptors (Lipinski definition) is 2. The third kappa shape index (κ3) is 3.85. The molecule has 0 saturated carbocycles. The third-order valence-corrected chi connectivity index (χ3v) is 3.53. The van der Waals surface area contributed by atoms with E-state index in [-0.39, 0.29) is 5.91 Å². The van der Waals surface area contributed by atoms with E-state index in [1.807, 2.05) is 61.2 Å². The number of amides is 1. The van der Waals surface area contributed by atoms with E-state index in [2.05, 4.69) is 17.4 Å². The summed E-state index contributed by atoms with van der Waals surface area (Å²) in [7, 11) is 0. The van der Waals surface area contributed by atoms with Gasteiger partial charge in [-0.3, -0.25) is 4.79 Å². The first-order valence-corrected chi connectivity index (χ1v) is 7.42. The Morgan fingerprint density at radius 3 is 2.24 bits per heavy atom. The van der Waals surface area contributed by atoms with E-state index >= 15 is 0 Å². The van der Waals surface area contributed by atoms with Gasteiger partial charge in [0.05, 0.1) is 5.56 Å². The first-order chi connectivity index (χ1) is 10.3. The molecule has 0 aromatic heterocycles. The Morgan fingerprint density at radius 1 is 0.952 bits per heavy atom. The molecule has 2 aromatic rings. The highest BCUT2D eigenvalue weighted by atomic mass is 16.2. The highest BCUT2D eigenvalue weighted by Gasteiger charge is 2.15. The fraction of sp³-hybridized carbons (Fsp3) is 0.278. The van der Waals surface area contributed by atoms with Gasteiger partial charge in [0.2, 0.25) is 0 Å². The van der Waals surface area contributed by atoms with Gasteiger partial charge in [0, 0.05) is 25.3 Å². The van der Waals surface area contributed by atoms with Crippen molar-refractivity contribution in [1.82, 2.24) is 4.90 Å². The average molecular weight is 282 g/mol. The van der Waals surface area contributed by atoms with E-state index in [1.54, 1.807) is 0 Å². The fourth-order valence-electron chi connectivity index (χ4n) is 2.30. The predicted octanol–water partition coefficient (Wildman–Crippen LogP) is 3.78. The smallest absolute Gasteiger partial charge is 0.255 e. The van der Waals surface area contributed by atoms with Crippen LogP contribution in [0.1, 0.15) is 29.8 Å². The van der Waals surface area contributed by atoms with Gasteiger partial charge in [-0.2, -0.15) is 0 Å². The summed E-state index contributed by atoms with van der Waals surface area (Å²) in [4.78, 5) is 14.4. The molecule has 21 heavy (non-hydrogen) atoms. The van der Waals surface area contributed by atoms with E-state index in [9.17, 15) is 4.79 Å². The van der Waals surface area contributed by atoms with Crippen molar-refractivity contribution >= 4 is 11.6 Å². The van der Waals surface area contributed by atoms with E-state index in [0.29, 0.717) is 6.54 Å². The molecule has 110 valence electrons. The zero-order valence-corrected chi connectivity index (χ0v) is 12.7. The minimum absolute atomic E-state index is 0.0798. The lowest BCUT2D eigenvalue weighted by Gasteiger charge is -2.20. The third-order valence-electron chi connectivity index (χ3n) is 3.53. The summed E-state index contributed by atoms with van der Waals surface area (Å²) >= 11 is 0. The fourth-order valence-corrected chi connectivity index (χ4v) is 2.30. The second-order valence-electron chi connectivity index (χ2n) is 4.86. The highest BCUT2D eigenvalue weighted by molar-refractivity contribution is 5.99. The van der Waals surface area contributed by atoms with Gasteiger partial charge in [-0.1, -0.05) is 42.5 Å². The van der Waals surface area contributed by atoms with Crippen molar-refractivity contribution in [3.05, 3.63) is 65.7 Å². The van der Waals surface area contributed by atoms with Crippen molar-refractivity contribution in [3.63, 3.8) is 0 Å². The van der Waals surface area contributed by atoms with Gasteiger partial charge >= 0.3 is 0 Å².